The fraction of sp³-hybridized carbons (Fsp3) is 0.467. The zero-order valence-corrected chi connectivity index (χ0v) is 11.7. The van der Waals surface area contributed by atoms with Crippen molar-refractivity contribution in [2.24, 2.45) is 5.92 Å². The highest BCUT2D eigenvalue weighted by atomic mass is 19.4. The summed E-state index contributed by atoms with van der Waals surface area (Å²) in [5, 5.41) is 18.3. The average Bonchev–Trinajstić information content (AvgIpc) is 2.39. The molecule has 1 N–H and O–H groups in total. The molecule has 6 heteroatoms. The van der Waals surface area contributed by atoms with Crippen molar-refractivity contribution < 1.29 is 23.1 Å². The number of nitriles is 1. The van der Waals surface area contributed by atoms with E-state index in [1.54, 1.807) is 13.8 Å². The molecule has 0 amide bonds. The zero-order valence-electron chi connectivity index (χ0n) is 11.7. The number of hydrogen-bond donors (Lipinski definition) is 1. The molecular formula is C15H16F3NO2. The molecule has 0 saturated carbocycles. The van der Waals surface area contributed by atoms with Crippen molar-refractivity contribution >= 4 is 5.97 Å². The van der Waals surface area contributed by atoms with Gasteiger partial charge in [-0.15, -0.1) is 0 Å². The minimum absolute atomic E-state index is 0.0574. The van der Waals surface area contributed by atoms with Crippen LogP contribution in [0, 0.1) is 17.2 Å². The minimum atomic E-state index is -4.44. The summed E-state index contributed by atoms with van der Waals surface area (Å²) in [5.74, 6) is -1.26. The highest BCUT2D eigenvalue weighted by Crippen LogP contribution is 2.38. The normalized spacial score (nSPS) is 14.5. The first-order chi connectivity index (χ1) is 9.63. The molecule has 1 aromatic rings. The first kappa shape index (κ1) is 17.0. The fourth-order valence-electron chi connectivity index (χ4n) is 2.28. The van der Waals surface area contributed by atoms with Gasteiger partial charge in [-0.3, -0.25) is 4.79 Å². The van der Waals surface area contributed by atoms with Crippen LogP contribution in [0.4, 0.5) is 13.2 Å². The van der Waals surface area contributed by atoms with Gasteiger partial charge in [-0.2, -0.15) is 18.4 Å². The van der Waals surface area contributed by atoms with Crippen LogP contribution in [0.2, 0.25) is 0 Å². The lowest BCUT2D eigenvalue weighted by molar-refractivity contribution is -0.138. The molecule has 1 atom stereocenters. The lowest BCUT2D eigenvalue weighted by Crippen LogP contribution is -2.31. The van der Waals surface area contributed by atoms with Gasteiger partial charge in [-0.05, 0) is 30.0 Å². The highest BCUT2D eigenvalue weighted by Gasteiger charge is 2.37. The van der Waals surface area contributed by atoms with Gasteiger partial charge < -0.3 is 5.11 Å². The van der Waals surface area contributed by atoms with Gasteiger partial charge >= 0.3 is 12.1 Å². The third-order valence-electron chi connectivity index (χ3n) is 3.65. The SMILES string of the molecule is CC(C)C(C#N)(CCC(=O)O)c1ccc(C(F)(F)F)cc1. The molecule has 0 fully saturated rings. The van der Waals surface area contributed by atoms with Gasteiger partial charge in [-0.25, -0.2) is 0 Å². The smallest absolute Gasteiger partial charge is 0.416 e. The highest BCUT2D eigenvalue weighted by molar-refractivity contribution is 5.67. The van der Waals surface area contributed by atoms with E-state index in [0.29, 0.717) is 5.56 Å². The lowest BCUT2D eigenvalue weighted by Gasteiger charge is -2.31. The van der Waals surface area contributed by atoms with Crippen molar-refractivity contribution in [3.63, 3.8) is 0 Å². The molecule has 0 aliphatic carbocycles. The molecule has 0 aliphatic rings. The van der Waals surface area contributed by atoms with Gasteiger partial charge in [0.25, 0.3) is 0 Å². The summed E-state index contributed by atoms with van der Waals surface area (Å²) in [6.07, 6.45) is -4.60. The molecule has 3 nitrogen and oxygen atoms in total. The summed E-state index contributed by atoms with van der Waals surface area (Å²) in [4.78, 5) is 10.7. The van der Waals surface area contributed by atoms with Gasteiger partial charge in [0.1, 0.15) is 0 Å². The van der Waals surface area contributed by atoms with Crippen molar-refractivity contribution in [1.29, 1.82) is 5.26 Å². The van der Waals surface area contributed by atoms with Gasteiger partial charge in [0.05, 0.1) is 17.0 Å². The third-order valence-corrected chi connectivity index (χ3v) is 3.65. The number of carbonyl (C=O) groups is 1. The fourth-order valence-corrected chi connectivity index (χ4v) is 2.28. The molecule has 0 aromatic heterocycles. The summed E-state index contributed by atoms with van der Waals surface area (Å²) >= 11 is 0. The monoisotopic (exact) mass is 299 g/mol. The van der Waals surface area contributed by atoms with Crippen LogP contribution in [-0.4, -0.2) is 11.1 Å². The molecule has 0 spiro atoms. The lowest BCUT2D eigenvalue weighted by atomic mass is 9.69. The van der Waals surface area contributed by atoms with Crippen LogP contribution in [-0.2, 0) is 16.4 Å². The Bertz CT molecular complexity index is 544. The first-order valence-electron chi connectivity index (χ1n) is 6.44. The van der Waals surface area contributed by atoms with E-state index in [-0.39, 0.29) is 18.8 Å². The van der Waals surface area contributed by atoms with E-state index in [4.69, 9.17) is 5.11 Å². The second-order valence-corrected chi connectivity index (χ2v) is 5.21. The van der Waals surface area contributed by atoms with Crippen LogP contribution >= 0.6 is 0 Å². The molecule has 0 radical (unpaired) electrons. The number of carboxylic acid groups (broad SMARTS) is 1. The van der Waals surface area contributed by atoms with E-state index in [0.717, 1.165) is 12.1 Å². The van der Waals surface area contributed by atoms with Gasteiger partial charge in [-0.1, -0.05) is 26.0 Å². The number of rotatable bonds is 5. The van der Waals surface area contributed by atoms with Crippen LogP contribution in [0.15, 0.2) is 24.3 Å². The van der Waals surface area contributed by atoms with Crippen molar-refractivity contribution in [3.05, 3.63) is 35.4 Å². The molecule has 1 rings (SSSR count). The summed E-state index contributed by atoms with van der Waals surface area (Å²) in [7, 11) is 0. The predicted octanol–water partition coefficient (Wildman–Crippen LogP) is 3.99. The topological polar surface area (TPSA) is 61.1 Å². The second-order valence-electron chi connectivity index (χ2n) is 5.21. The Morgan fingerprint density at radius 3 is 2.05 bits per heavy atom. The van der Waals surface area contributed by atoms with Crippen LogP contribution in [0.25, 0.3) is 0 Å². The van der Waals surface area contributed by atoms with Crippen LogP contribution in [0.3, 0.4) is 0 Å². The van der Waals surface area contributed by atoms with E-state index in [1.165, 1.54) is 12.1 Å². The summed E-state index contributed by atoms with van der Waals surface area (Å²) < 4.78 is 37.7. The van der Waals surface area contributed by atoms with E-state index in [1.807, 2.05) is 0 Å². The van der Waals surface area contributed by atoms with Crippen molar-refractivity contribution in [3.8, 4) is 6.07 Å². The summed E-state index contributed by atoms with van der Waals surface area (Å²) in [5.41, 5.74) is -1.49. The Hall–Kier alpha value is -2.03. The Balaban J connectivity index is 3.21. The molecule has 1 aromatic carbocycles. The zero-order chi connectivity index (χ0) is 16.3. The Kier molecular flexibility index (Phi) is 5.00. The van der Waals surface area contributed by atoms with E-state index in [2.05, 4.69) is 6.07 Å². The number of nitrogens with zero attached hydrogens (tertiary/aromatic N) is 1. The first-order valence-corrected chi connectivity index (χ1v) is 6.44. The number of aliphatic carboxylic acids is 1. The van der Waals surface area contributed by atoms with Gasteiger partial charge in [0, 0.05) is 6.42 Å². The van der Waals surface area contributed by atoms with Crippen molar-refractivity contribution in [2.75, 3.05) is 0 Å². The largest absolute Gasteiger partial charge is 0.481 e. The molecular weight excluding hydrogens is 283 g/mol. The second kappa shape index (κ2) is 6.17. The minimum Gasteiger partial charge on any atom is -0.481 e. The molecule has 0 bridgehead atoms. The average molecular weight is 299 g/mol. The van der Waals surface area contributed by atoms with Crippen LogP contribution in [0.1, 0.15) is 37.8 Å². The number of halogens is 3. The molecule has 0 heterocycles. The van der Waals surface area contributed by atoms with Gasteiger partial charge in [0.15, 0.2) is 0 Å². The maximum Gasteiger partial charge on any atom is 0.416 e. The maximum absolute atomic E-state index is 12.6. The van der Waals surface area contributed by atoms with Crippen LogP contribution in [0.5, 0.6) is 0 Å². The number of alkyl halides is 3. The van der Waals surface area contributed by atoms with Crippen molar-refractivity contribution in [1.82, 2.24) is 0 Å². The predicted molar refractivity (Wildman–Crippen MR) is 70.4 cm³/mol. The number of carboxylic acids is 1. The number of hydrogen-bond acceptors (Lipinski definition) is 2. The Morgan fingerprint density at radius 2 is 1.71 bits per heavy atom. The molecule has 21 heavy (non-hydrogen) atoms. The standard InChI is InChI=1S/C15H16F3NO2/c1-10(2)14(9-19,8-7-13(20)21)11-3-5-12(6-4-11)15(16,17)18/h3-6,10H,7-8H2,1-2H3,(H,20,21). The van der Waals surface area contributed by atoms with E-state index >= 15 is 0 Å². The van der Waals surface area contributed by atoms with E-state index < -0.39 is 23.1 Å². The summed E-state index contributed by atoms with van der Waals surface area (Å²) in [6, 6.07) is 6.46. The Labute approximate surface area is 121 Å². The van der Waals surface area contributed by atoms with Crippen molar-refractivity contribution in [2.45, 2.75) is 38.3 Å². The molecule has 0 aliphatic heterocycles. The quantitative estimate of drug-likeness (QED) is 0.894. The molecule has 1 unspecified atom stereocenters. The van der Waals surface area contributed by atoms with Crippen LogP contribution < -0.4 is 0 Å². The van der Waals surface area contributed by atoms with Gasteiger partial charge in [0.2, 0.25) is 0 Å². The summed E-state index contributed by atoms with van der Waals surface area (Å²) in [6.45, 7) is 3.51. The number of benzene rings is 1. The van der Waals surface area contributed by atoms with E-state index in [9.17, 15) is 23.2 Å². The maximum atomic E-state index is 12.6. The molecule has 114 valence electrons. The third kappa shape index (κ3) is 3.75. The Morgan fingerprint density at radius 1 is 1.24 bits per heavy atom. The molecule has 0 saturated heterocycles.